The maximum atomic E-state index is 5.90. The van der Waals surface area contributed by atoms with E-state index < -0.39 is 0 Å². The van der Waals surface area contributed by atoms with Gasteiger partial charge in [0.1, 0.15) is 11.4 Å². The fourth-order valence-corrected chi connectivity index (χ4v) is 1.52. The van der Waals surface area contributed by atoms with Gasteiger partial charge in [0, 0.05) is 20.2 Å². The zero-order valence-corrected chi connectivity index (χ0v) is 11.9. The molecule has 0 bridgehead atoms. The third kappa shape index (κ3) is 3.52. The second kappa shape index (κ2) is 4.67. The topological polar surface area (TPSA) is 34.6 Å². The summed E-state index contributed by atoms with van der Waals surface area (Å²) < 4.78 is 11.8. The zero-order chi connectivity index (χ0) is 13.3. The molecule has 4 heteroatoms. The molecule has 0 radical (unpaired) electrons. The summed E-state index contributed by atoms with van der Waals surface area (Å²) in [6.45, 7) is 6.06. The molecule has 2 rings (SSSR count). The molecular weight excluding hydrogens is 228 g/mol. The van der Waals surface area contributed by atoms with Gasteiger partial charge in [-0.1, -0.05) is 0 Å². The molecule has 1 fully saturated rings. The quantitative estimate of drug-likeness (QED) is 0.823. The fourth-order valence-electron chi connectivity index (χ4n) is 1.52. The molecule has 0 aliphatic heterocycles. The molecule has 0 N–H and O–H groups in total. The van der Waals surface area contributed by atoms with Gasteiger partial charge in [-0.25, -0.2) is 4.98 Å². The van der Waals surface area contributed by atoms with Gasteiger partial charge in [0.2, 0.25) is 0 Å². The van der Waals surface area contributed by atoms with E-state index in [1.54, 1.807) is 6.20 Å². The number of nitrogens with zero attached hydrogens (tertiary/aromatic N) is 2. The third-order valence-corrected chi connectivity index (χ3v) is 2.51. The first-order chi connectivity index (χ1) is 8.35. The van der Waals surface area contributed by atoms with Crippen molar-refractivity contribution in [3.8, 4) is 11.5 Å². The minimum atomic E-state index is -0.247. The lowest BCUT2D eigenvalue weighted by Crippen LogP contribution is -2.23. The molecule has 18 heavy (non-hydrogen) atoms. The van der Waals surface area contributed by atoms with E-state index in [-0.39, 0.29) is 5.60 Å². The number of ether oxygens (including phenoxy) is 2. The third-order valence-electron chi connectivity index (χ3n) is 2.51. The Hall–Kier alpha value is -1.45. The van der Waals surface area contributed by atoms with Gasteiger partial charge in [0.05, 0.1) is 12.3 Å². The van der Waals surface area contributed by atoms with Crippen LogP contribution in [0.4, 0.5) is 5.82 Å². The van der Waals surface area contributed by atoms with Gasteiger partial charge in [-0.05, 0) is 33.6 Å². The number of aromatic nitrogens is 1. The summed E-state index contributed by atoms with van der Waals surface area (Å²) in [5, 5.41) is 0. The molecule has 1 aromatic heterocycles. The average Bonchev–Trinajstić information content (AvgIpc) is 3.02. The number of rotatable bonds is 4. The lowest BCUT2D eigenvalue weighted by Gasteiger charge is -2.23. The van der Waals surface area contributed by atoms with Gasteiger partial charge in [-0.15, -0.1) is 0 Å². The van der Waals surface area contributed by atoms with Crippen LogP contribution in [0.25, 0.3) is 0 Å². The Balaban J connectivity index is 2.25. The van der Waals surface area contributed by atoms with Gasteiger partial charge < -0.3 is 14.4 Å². The maximum Gasteiger partial charge on any atom is 0.180 e. The van der Waals surface area contributed by atoms with Crippen LogP contribution in [0.15, 0.2) is 12.3 Å². The van der Waals surface area contributed by atoms with E-state index in [1.807, 2.05) is 45.8 Å². The first-order valence-corrected chi connectivity index (χ1v) is 6.38. The molecule has 1 heterocycles. The van der Waals surface area contributed by atoms with Crippen LogP contribution in [-0.2, 0) is 0 Å². The van der Waals surface area contributed by atoms with Crippen molar-refractivity contribution in [3.63, 3.8) is 0 Å². The van der Waals surface area contributed by atoms with Crippen LogP contribution in [0.2, 0.25) is 0 Å². The Morgan fingerprint density at radius 2 is 1.89 bits per heavy atom. The van der Waals surface area contributed by atoms with E-state index in [1.165, 1.54) is 0 Å². The van der Waals surface area contributed by atoms with Gasteiger partial charge >= 0.3 is 0 Å². The molecule has 1 aliphatic rings. The summed E-state index contributed by atoms with van der Waals surface area (Å²) in [4.78, 5) is 6.33. The summed E-state index contributed by atoms with van der Waals surface area (Å²) in [6.07, 6.45) is 4.37. The highest BCUT2D eigenvalue weighted by Gasteiger charge is 2.26. The standard InChI is InChI=1S/C14H22N2O2/c1-14(2,3)18-12-9-15-13(16(4)5)8-11(12)17-10-6-7-10/h8-10H,6-7H2,1-5H3. The molecule has 1 aliphatic carbocycles. The monoisotopic (exact) mass is 250 g/mol. The Kier molecular flexibility index (Phi) is 3.37. The van der Waals surface area contributed by atoms with Crippen molar-refractivity contribution in [1.29, 1.82) is 0 Å². The Bertz CT molecular complexity index is 420. The predicted molar refractivity (Wildman–Crippen MR) is 72.6 cm³/mol. The summed E-state index contributed by atoms with van der Waals surface area (Å²) in [5.41, 5.74) is -0.247. The highest BCUT2D eigenvalue weighted by molar-refractivity contribution is 5.49. The van der Waals surface area contributed by atoms with Crippen LogP contribution in [0, 0.1) is 0 Å². The van der Waals surface area contributed by atoms with Gasteiger partial charge in [-0.3, -0.25) is 0 Å². The molecular formula is C14H22N2O2. The van der Waals surface area contributed by atoms with E-state index >= 15 is 0 Å². The van der Waals surface area contributed by atoms with E-state index in [2.05, 4.69) is 4.98 Å². The first-order valence-electron chi connectivity index (χ1n) is 6.38. The highest BCUT2D eigenvalue weighted by atomic mass is 16.5. The molecule has 0 spiro atoms. The first kappa shape index (κ1) is 13.0. The lowest BCUT2D eigenvalue weighted by atomic mass is 10.2. The number of anilines is 1. The Labute approximate surface area is 109 Å². The Morgan fingerprint density at radius 3 is 2.39 bits per heavy atom. The SMILES string of the molecule is CN(C)c1cc(OC2CC2)c(OC(C)(C)C)cn1. The average molecular weight is 250 g/mol. The second-order valence-electron chi connectivity index (χ2n) is 5.92. The molecule has 1 saturated carbocycles. The fraction of sp³-hybridized carbons (Fsp3) is 0.643. The second-order valence-corrected chi connectivity index (χ2v) is 5.92. The van der Waals surface area contributed by atoms with Crippen molar-refractivity contribution >= 4 is 5.82 Å². The minimum Gasteiger partial charge on any atom is -0.486 e. The Morgan fingerprint density at radius 1 is 1.22 bits per heavy atom. The number of hydrogen-bond acceptors (Lipinski definition) is 4. The smallest absolute Gasteiger partial charge is 0.180 e. The van der Waals surface area contributed by atoms with Crippen LogP contribution in [0.1, 0.15) is 33.6 Å². The van der Waals surface area contributed by atoms with Crippen LogP contribution in [0.3, 0.4) is 0 Å². The normalized spacial score (nSPS) is 15.4. The van der Waals surface area contributed by atoms with Crippen molar-refractivity contribution in [2.75, 3.05) is 19.0 Å². The van der Waals surface area contributed by atoms with Gasteiger partial charge in [0.15, 0.2) is 11.5 Å². The lowest BCUT2D eigenvalue weighted by molar-refractivity contribution is 0.122. The van der Waals surface area contributed by atoms with Crippen molar-refractivity contribution in [3.05, 3.63) is 12.3 Å². The van der Waals surface area contributed by atoms with E-state index in [4.69, 9.17) is 9.47 Å². The zero-order valence-electron chi connectivity index (χ0n) is 11.9. The summed E-state index contributed by atoms with van der Waals surface area (Å²) >= 11 is 0. The molecule has 0 unspecified atom stereocenters. The maximum absolute atomic E-state index is 5.90. The largest absolute Gasteiger partial charge is 0.486 e. The van der Waals surface area contributed by atoms with E-state index in [0.29, 0.717) is 6.10 Å². The molecule has 4 nitrogen and oxygen atoms in total. The van der Waals surface area contributed by atoms with Crippen molar-refractivity contribution in [1.82, 2.24) is 4.98 Å². The number of hydrogen-bond donors (Lipinski definition) is 0. The van der Waals surface area contributed by atoms with Crippen LogP contribution < -0.4 is 14.4 Å². The van der Waals surface area contributed by atoms with Gasteiger partial charge in [-0.2, -0.15) is 0 Å². The van der Waals surface area contributed by atoms with E-state index in [9.17, 15) is 0 Å². The molecule has 0 aromatic carbocycles. The molecule has 100 valence electrons. The summed E-state index contributed by atoms with van der Waals surface area (Å²) in [6, 6.07) is 1.94. The van der Waals surface area contributed by atoms with Crippen molar-refractivity contribution < 1.29 is 9.47 Å². The molecule has 0 atom stereocenters. The molecule has 1 aromatic rings. The van der Waals surface area contributed by atoms with Crippen LogP contribution in [0.5, 0.6) is 11.5 Å². The van der Waals surface area contributed by atoms with E-state index in [0.717, 1.165) is 30.2 Å². The summed E-state index contributed by atoms with van der Waals surface area (Å²) in [5.74, 6) is 2.40. The summed E-state index contributed by atoms with van der Waals surface area (Å²) in [7, 11) is 3.93. The molecule has 0 amide bonds. The predicted octanol–water partition coefficient (Wildman–Crippen LogP) is 2.87. The number of pyridine rings is 1. The molecule has 0 saturated heterocycles. The highest BCUT2D eigenvalue weighted by Crippen LogP contribution is 2.36. The van der Waals surface area contributed by atoms with Crippen LogP contribution in [-0.4, -0.2) is 30.8 Å². The van der Waals surface area contributed by atoms with Crippen molar-refractivity contribution in [2.45, 2.75) is 45.3 Å². The van der Waals surface area contributed by atoms with Crippen molar-refractivity contribution in [2.24, 2.45) is 0 Å². The minimum absolute atomic E-state index is 0.247. The van der Waals surface area contributed by atoms with Crippen LogP contribution >= 0.6 is 0 Å². The van der Waals surface area contributed by atoms with Gasteiger partial charge in [0.25, 0.3) is 0 Å².